The van der Waals surface area contributed by atoms with Crippen molar-refractivity contribution in [1.29, 1.82) is 0 Å². The van der Waals surface area contributed by atoms with Crippen LogP contribution in [-0.4, -0.2) is 18.6 Å². The predicted octanol–water partition coefficient (Wildman–Crippen LogP) is 3.42. The summed E-state index contributed by atoms with van der Waals surface area (Å²) in [6, 6.07) is 8.66. The number of carbonyl (C=O) groups excluding carboxylic acids is 1. The Labute approximate surface area is 122 Å². The molecule has 3 nitrogen and oxygen atoms in total. The van der Waals surface area contributed by atoms with Crippen LogP contribution >= 0.6 is 0 Å². The summed E-state index contributed by atoms with van der Waals surface area (Å²) >= 11 is 0. The Kier molecular flexibility index (Phi) is 5.45. The molecule has 2 amide bonds. The van der Waals surface area contributed by atoms with Crippen LogP contribution in [0, 0.1) is 12.8 Å². The second kappa shape index (κ2) is 7.32. The molecule has 3 heteroatoms. The summed E-state index contributed by atoms with van der Waals surface area (Å²) in [5.41, 5.74) is 2.59. The van der Waals surface area contributed by atoms with Crippen LogP contribution in [0.5, 0.6) is 0 Å². The van der Waals surface area contributed by atoms with Crippen LogP contribution in [0.25, 0.3) is 0 Å². The van der Waals surface area contributed by atoms with Gasteiger partial charge in [-0.2, -0.15) is 0 Å². The van der Waals surface area contributed by atoms with Crippen molar-refractivity contribution in [1.82, 2.24) is 10.6 Å². The molecule has 2 unspecified atom stereocenters. The number of benzene rings is 1. The highest BCUT2D eigenvalue weighted by Crippen LogP contribution is 2.23. The van der Waals surface area contributed by atoms with Gasteiger partial charge in [-0.05, 0) is 43.2 Å². The van der Waals surface area contributed by atoms with Crippen LogP contribution in [0.2, 0.25) is 0 Å². The molecule has 0 spiro atoms. The zero-order valence-electron chi connectivity index (χ0n) is 12.6. The quantitative estimate of drug-likeness (QED) is 0.868. The van der Waals surface area contributed by atoms with Gasteiger partial charge in [0.2, 0.25) is 0 Å². The molecule has 0 aromatic heterocycles. The fourth-order valence-corrected chi connectivity index (χ4v) is 2.95. The summed E-state index contributed by atoms with van der Waals surface area (Å²) in [4.78, 5) is 11.9. The number of urea groups is 1. The van der Waals surface area contributed by atoms with Crippen molar-refractivity contribution in [3.8, 4) is 0 Å². The van der Waals surface area contributed by atoms with Crippen molar-refractivity contribution in [3.05, 3.63) is 35.4 Å². The maximum absolute atomic E-state index is 11.9. The average Bonchev–Trinajstić information content (AvgIpc) is 2.43. The largest absolute Gasteiger partial charge is 0.338 e. The van der Waals surface area contributed by atoms with Crippen LogP contribution in [0.4, 0.5) is 4.79 Å². The third kappa shape index (κ3) is 4.26. The Morgan fingerprint density at radius 1 is 1.25 bits per heavy atom. The Morgan fingerprint density at radius 2 is 2.00 bits per heavy atom. The minimum absolute atomic E-state index is 0.0164. The molecule has 1 aliphatic rings. The molecule has 1 aromatic carbocycles. The Morgan fingerprint density at radius 3 is 2.75 bits per heavy atom. The van der Waals surface area contributed by atoms with Gasteiger partial charge in [-0.15, -0.1) is 0 Å². The van der Waals surface area contributed by atoms with E-state index >= 15 is 0 Å². The highest BCUT2D eigenvalue weighted by Gasteiger charge is 2.22. The van der Waals surface area contributed by atoms with Crippen LogP contribution in [0.15, 0.2) is 24.3 Å². The molecule has 2 N–H and O–H groups in total. The van der Waals surface area contributed by atoms with E-state index in [9.17, 15) is 4.79 Å². The molecule has 20 heavy (non-hydrogen) atoms. The van der Waals surface area contributed by atoms with Crippen LogP contribution in [-0.2, 0) is 6.42 Å². The molecule has 1 saturated carbocycles. The Hall–Kier alpha value is -1.51. The molecule has 0 aliphatic heterocycles. The molecule has 1 fully saturated rings. The third-order valence-corrected chi connectivity index (χ3v) is 4.37. The molecular weight excluding hydrogens is 248 g/mol. The maximum atomic E-state index is 11.9. The van der Waals surface area contributed by atoms with Gasteiger partial charge in [0.05, 0.1) is 0 Å². The fourth-order valence-electron chi connectivity index (χ4n) is 2.95. The smallest absolute Gasteiger partial charge is 0.315 e. The SMILES string of the molecule is Cc1ccccc1CCNC(=O)NC1CCCCC1C. The molecule has 0 saturated heterocycles. The molecule has 1 aliphatic carbocycles. The van der Waals surface area contributed by atoms with Crippen molar-refractivity contribution in [3.63, 3.8) is 0 Å². The van der Waals surface area contributed by atoms with Crippen LogP contribution in [0.1, 0.15) is 43.7 Å². The fraction of sp³-hybridized carbons (Fsp3) is 0.588. The summed E-state index contributed by atoms with van der Waals surface area (Å²) < 4.78 is 0. The maximum Gasteiger partial charge on any atom is 0.315 e. The van der Waals surface area contributed by atoms with Gasteiger partial charge in [0.15, 0.2) is 0 Å². The minimum Gasteiger partial charge on any atom is -0.338 e. The summed E-state index contributed by atoms with van der Waals surface area (Å²) in [7, 11) is 0. The average molecular weight is 274 g/mol. The topological polar surface area (TPSA) is 41.1 Å². The molecule has 110 valence electrons. The van der Waals surface area contributed by atoms with E-state index in [1.165, 1.54) is 30.4 Å². The van der Waals surface area contributed by atoms with E-state index in [-0.39, 0.29) is 6.03 Å². The van der Waals surface area contributed by atoms with Crippen molar-refractivity contribution >= 4 is 6.03 Å². The van der Waals surface area contributed by atoms with Crippen molar-refractivity contribution in [2.45, 2.75) is 52.0 Å². The number of hydrogen-bond acceptors (Lipinski definition) is 1. The molecule has 0 heterocycles. The molecule has 1 aromatic rings. The second-order valence-corrected chi connectivity index (χ2v) is 5.94. The summed E-state index contributed by atoms with van der Waals surface area (Å²) in [6.07, 6.45) is 5.77. The summed E-state index contributed by atoms with van der Waals surface area (Å²) in [5, 5.41) is 6.10. The standard InChI is InChI=1S/C17H26N2O/c1-13-7-3-5-9-15(13)11-12-18-17(20)19-16-10-6-4-8-14(16)2/h3,5,7,9,14,16H,4,6,8,10-12H2,1-2H3,(H2,18,19,20). The van der Waals surface area contributed by atoms with E-state index in [2.05, 4.69) is 36.6 Å². The molecule has 2 atom stereocenters. The Bertz CT molecular complexity index is 444. The van der Waals surface area contributed by atoms with E-state index in [1.807, 2.05) is 12.1 Å². The van der Waals surface area contributed by atoms with E-state index in [0.29, 0.717) is 18.5 Å². The van der Waals surface area contributed by atoms with E-state index in [1.54, 1.807) is 0 Å². The zero-order chi connectivity index (χ0) is 14.4. The number of hydrogen-bond donors (Lipinski definition) is 2. The first-order valence-electron chi connectivity index (χ1n) is 7.75. The normalized spacial score (nSPS) is 22.3. The second-order valence-electron chi connectivity index (χ2n) is 5.94. The van der Waals surface area contributed by atoms with E-state index in [4.69, 9.17) is 0 Å². The first-order valence-corrected chi connectivity index (χ1v) is 7.75. The van der Waals surface area contributed by atoms with Crippen molar-refractivity contribution < 1.29 is 4.79 Å². The summed E-state index contributed by atoms with van der Waals surface area (Å²) in [6.45, 7) is 5.04. The molecule has 0 radical (unpaired) electrons. The molecule has 2 rings (SSSR count). The lowest BCUT2D eigenvalue weighted by atomic mass is 9.86. The lowest BCUT2D eigenvalue weighted by Gasteiger charge is -2.29. The monoisotopic (exact) mass is 274 g/mol. The van der Waals surface area contributed by atoms with Crippen molar-refractivity contribution in [2.24, 2.45) is 5.92 Å². The number of nitrogens with one attached hydrogen (secondary N) is 2. The van der Waals surface area contributed by atoms with Gasteiger partial charge in [-0.3, -0.25) is 0 Å². The van der Waals surface area contributed by atoms with Gasteiger partial charge in [0.25, 0.3) is 0 Å². The first-order chi connectivity index (χ1) is 9.66. The van der Waals surface area contributed by atoms with Gasteiger partial charge >= 0.3 is 6.03 Å². The number of amides is 2. The number of rotatable bonds is 4. The zero-order valence-corrected chi connectivity index (χ0v) is 12.6. The van der Waals surface area contributed by atoms with E-state index in [0.717, 1.165) is 12.8 Å². The molecular formula is C17H26N2O. The molecule has 0 bridgehead atoms. The number of carbonyl (C=O) groups is 1. The first kappa shape index (κ1) is 14.9. The van der Waals surface area contributed by atoms with Gasteiger partial charge in [0, 0.05) is 12.6 Å². The van der Waals surface area contributed by atoms with Gasteiger partial charge < -0.3 is 10.6 Å². The predicted molar refractivity (Wildman–Crippen MR) is 82.8 cm³/mol. The number of aryl methyl sites for hydroxylation is 1. The lowest BCUT2D eigenvalue weighted by molar-refractivity contribution is 0.222. The van der Waals surface area contributed by atoms with Crippen LogP contribution in [0.3, 0.4) is 0 Å². The van der Waals surface area contributed by atoms with Gasteiger partial charge in [0.1, 0.15) is 0 Å². The van der Waals surface area contributed by atoms with Gasteiger partial charge in [-0.1, -0.05) is 44.0 Å². The highest BCUT2D eigenvalue weighted by molar-refractivity contribution is 5.74. The highest BCUT2D eigenvalue weighted by atomic mass is 16.2. The van der Waals surface area contributed by atoms with E-state index < -0.39 is 0 Å². The van der Waals surface area contributed by atoms with Crippen molar-refractivity contribution in [2.75, 3.05) is 6.54 Å². The third-order valence-electron chi connectivity index (χ3n) is 4.37. The van der Waals surface area contributed by atoms with Gasteiger partial charge in [-0.25, -0.2) is 4.79 Å². The lowest BCUT2D eigenvalue weighted by Crippen LogP contribution is -2.46. The minimum atomic E-state index is -0.0164. The Balaban J connectivity index is 1.71. The van der Waals surface area contributed by atoms with Crippen LogP contribution < -0.4 is 10.6 Å². The summed E-state index contributed by atoms with van der Waals surface area (Å²) in [5.74, 6) is 0.603.